The highest BCUT2D eigenvalue weighted by Crippen LogP contribution is 2.36. The van der Waals surface area contributed by atoms with Gasteiger partial charge in [0, 0.05) is 6.42 Å². The van der Waals surface area contributed by atoms with Gasteiger partial charge < -0.3 is 5.11 Å². The summed E-state index contributed by atoms with van der Waals surface area (Å²) in [6, 6.07) is 17.0. The van der Waals surface area contributed by atoms with Crippen molar-refractivity contribution in [3.8, 4) is 0 Å². The van der Waals surface area contributed by atoms with E-state index in [1.165, 1.54) is 23.3 Å². The Hall–Kier alpha value is -1.67. The molecule has 0 unspecified atom stereocenters. The van der Waals surface area contributed by atoms with Gasteiger partial charge in [0.2, 0.25) is 0 Å². The minimum atomic E-state index is -0.555. The number of aliphatic hydroxyl groups is 1. The third-order valence-corrected chi connectivity index (χ3v) is 4.85. The van der Waals surface area contributed by atoms with Crippen LogP contribution in [0, 0.1) is 11.7 Å². The summed E-state index contributed by atoms with van der Waals surface area (Å²) < 4.78 is 12.9. The summed E-state index contributed by atoms with van der Waals surface area (Å²) in [6.07, 6.45) is 5.53. The molecular weight excluding hydrogens is 275 g/mol. The van der Waals surface area contributed by atoms with E-state index in [-0.39, 0.29) is 5.82 Å². The molecule has 2 aromatic rings. The summed E-state index contributed by atoms with van der Waals surface area (Å²) in [4.78, 5) is 0. The van der Waals surface area contributed by atoms with Crippen LogP contribution < -0.4 is 0 Å². The fourth-order valence-corrected chi connectivity index (χ4v) is 3.53. The van der Waals surface area contributed by atoms with E-state index in [4.69, 9.17) is 0 Å². The van der Waals surface area contributed by atoms with Crippen molar-refractivity contribution in [3.05, 3.63) is 71.5 Å². The Labute approximate surface area is 131 Å². The highest BCUT2D eigenvalue weighted by Gasteiger charge is 2.33. The second-order valence-electron chi connectivity index (χ2n) is 6.66. The van der Waals surface area contributed by atoms with Crippen LogP contribution in [0.25, 0.3) is 0 Å². The third kappa shape index (κ3) is 3.95. The zero-order chi connectivity index (χ0) is 15.4. The Morgan fingerprint density at radius 1 is 0.909 bits per heavy atom. The maximum absolute atomic E-state index is 12.9. The van der Waals surface area contributed by atoms with E-state index in [0.29, 0.717) is 5.92 Å². The Kier molecular flexibility index (Phi) is 4.58. The van der Waals surface area contributed by atoms with Gasteiger partial charge in [0.15, 0.2) is 0 Å². The highest BCUT2D eigenvalue weighted by molar-refractivity contribution is 5.18. The molecule has 0 bridgehead atoms. The summed E-state index contributed by atoms with van der Waals surface area (Å²) in [7, 11) is 0. The second kappa shape index (κ2) is 6.62. The molecule has 116 valence electrons. The lowest BCUT2D eigenvalue weighted by atomic mass is 9.74. The smallest absolute Gasteiger partial charge is 0.123 e. The Bertz CT molecular complexity index is 583. The van der Waals surface area contributed by atoms with Gasteiger partial charge in [-0.25, -0.2) is 4.39 Å². The minimum Gasteiger partial charge on any atom is -0.390 e. The molecule has 0 heterocycles. The molecule has 0 aliphatic heterocycles. The van der Waals surface area contributed by atoms with Gasteiger partial charge in [-0.2, -0.15) is 0 Å². The maximum atomic E-state index is 12.9. The van der Waals surface area contributed by atoms with Crippen molar-refractivity contribution in [3.63, 3.8) is 0 Å². The zero-order valence-electron chi connectivity index (χ0n) is 12.8. The van der Waals surface area contributed by atoms with Crippen molar-refractivity contribution in [2.75, 3.05) is 0 Å². The van der Waals surface area contributed by atoms with E-state index in [2.05, 4.69) is 12.1 Å². The van der Waals surface area contributed by atoms with Crippen LogP contribution in [0.15, 0.2) is 54.6 Å². The lowest BCUT2D eigenvalue weighted by Crippen LogP contribution is -2.36. The quantitative estimate of drug-likeness (QED) is 0.879. The molecule has 0 amide bonds. The van der Waals surface area contributed by atoms with Gasteiger partial charge in [-0.05, 0) is 61.3 Å². The molecule has 1 aliphatic carbocycles. The molecule has 1 aliphatic rings. The second-order valence-corrected chi connectivity index (χ2v) is 6.66. The van der Waals surface area contributed by atoms with Crippen molar-refractivity contribution < 1.29 is 9.50 Å². The van der Waals surface area contributed by atoms with E-state index >= 15 is 0 Å². The van der Waals surface area contributed by atoms with Gasteiger partial charge in [0.25, 0.3) is 0 Å². The van der Waals surface area contributed by atoms with Crippen molar-refractivity contribution in [1.29, 1.82) is 0 Å². The van der Waals surface area contributed by atoms with Gasteiger partial charge in [-0.15, -0.1) is 0 Å². The predicted molar refractivity (Wildman–Crippen MR) is 87.2 cm³/mol. The van der Waals surface area contributed by atoms with Crippen molar-refractivity contribution in [1.82, 2.24) is 0 Å². The summed E-state index contributed by atoms with van der Waals surface area (Å²) in [5.41, 5.74) is 1.85. The van der Waals surface area contributed by atoms with Crippen molar-refractivity contribution in [2.24, 2.45) is 5.92 Å². The van der Waals surface area contributed by atoms with Crippen LogP contribution >= 0.6 is 0 Å². The number of hydrogen-bond donors (Lipinski definition) is 1. The molecule has 0 atom stereocenters. The Morgan fingerprint density at radius 2 is 1.55 bits per heavy atom. The average molecular weight is 298 g/mol. The van der Waals surface area contributed by atoms with Crippen molar-refractivity contribution in [2.45, 2.75) is 44.1 Å². The van der Waals surface area contributed by atoms with E-state index in [0.717, 1.165) is 38.5 Å². The standard InChI is InChI=1S/C20H23FO/c21-19-8-6-16(7-9-19)14-17-10-12-20(22,13-11-17)15-18-4-2-1-3-5-18/h1-9,17,22H,10-15H2. The lowest BCUT2D eigenvalue weighted by Gasteiger charge is -2.36. The minimum absolute atomic E-state index is 0.176. The van der Waals surface area contributed by atoms with Crippen molar-refractivity contribution >= 4 is 0 Å². The van der Waals surface area contributed by atoms with E-state index < -0.39 is 5.60 Å². The molecule has 1 saturated carbocycles. The third-order valence-electron chi connectivity index (χ3n) is 4.85. The normalized spacial score (nSPS) is 25.1. The molecule has 2 aromatic carbocycles. The predicted octanol–water partition coefficient (Wildman–Crippen LogP) is 4.53. The van der Waals surface area contributed by atoms with Gasteiger partial charge >= 0.3 is 0 Å². The molecule has 0 radical (unpaired) electrons. The van der Waals surface area contributed by atoms with Gasteiger partial charge in [0.1, 0.15) is 5.82 Å². The molecule has 1 N–H and O–H groups in total. The number of hydrogen-bond acceptors (Lipinski definition) is 1. The van der Waals surface area contributed by atoms with E-state index in [1.54, 1.807) is 0 Å². The molecule has 0 aromatic heterocycles. The first kappa shape index (κ1) is 15.2. The first-order valence-electron chi connectivity index (χ1n) is 8.14. The molecule has 3 rings (SSSR count). The SMILES string of the molecule is OC1(Cc2ccccc2)CCC(Cc2ccc(F)cc2)CC1. The summed E-state index contributed by atoms with van der Waals surface area (Å²) in [6.45, 7) is 0. The van der Waals surface area contributed by atoms with Crippen LogP contribution in [-0.2, 0) is 12.8 Å². The van der Waals surface area contributed by atoms with Gasteiger partial charge in [-0.3, -0.25) is 0 Å². The number of halogens is 1. The summed E-state index contributed by atoms with van der Waals surface area (Å²) >= 11 is 0. The molecule has 0 saturated heterocycles. The van der Waals surface area contributed by atoms with Gasteiger partial charge in [0.05, 0.1) is 5.60 Å². The zero-order valence-corrected chi connectivity index (χ0v) is 12.8. The largest absolute Gasteiger partial charge is 0.390 e. The topological polar surface area (TPSA) is 20.2 Å². The highest BCUT2D eigenvalue weighted by atomic mass is 19.1. The van der Waals surface area contributed by atoms with Crippen LogP contribution in [0.2, 0.25) is 0 Å². The molecule has 1 nitrogen and oxygen atoms in total. The lowest BCUT2D eigenvalue weighted by molar-refractivity contribution is -0.00877. The number of benzene rings is 2. The summed E-state index contributed by atoms with van der Waals surface area (Å²) in [5, 5.41) is 10.8. The molecule has 1 fully saturated rings. The fourth-order valence-electron chi connectivity index (χ4n) is 3.53. The average Bonchev–Trinajstić information content (AvgIpc) is 2.53. The Morgan fingerprint density at radius 3 is 2.18 bits per heavy atom. The van der Waals surface area contributed by atoms with E-state index in [1.807, 2.05) is 30.3 Å². The first-order valence-corrected chi connectivity index (χ1v) is 8.14. The number of rotatable bonds is 4. The summed E-state index contributed by atoms with van der Waals surface area (Å²) in [5.74, 6) is 0.422. The van der Waals surface area contributed by atoms with Crippen LogP contribution in [0.5, 0.6) is 0 Å². The van der Waals surface area contributed by atoms with Gasteiger partial charge in [-0.1, -0.05) is 42.5 Å². The molecule has 22 heavy (non-hydrogen) atoms. The van der Waals surface area contributed by atoms with Crippen LogP contribution in [0.4, 0.5) is 4.39 Å². The maximum Gasteiger partial charge on any atom is 0.123 e. The molecular formula is C20H23FO. The van der Waals surface area contributed by atoms with Crippen LogP contribution in [-0.4, -0.2) is 10.7 Å². The Balaban J connectivity index is 1.54. The fraction of sp³-hybridized carbons (Fsp3) is 0.400. The van der Waals surface area contributed by atoms with E-state index in [9.17, 15) is 9.50 Å². The monoisotopic (exact) mass is 298 g/mol. The van der Waals surface area contributed by atoms with Crippen LogP contribution in [0.3, 0.4) is 0 Å². The molecule has 0 spiro atoms. The first-order chi connectivity index (χ1) is 10.6. The van der Waals surface area contributed by atoms with Crippen LogP contribution in [0.1, 0.15) is 36.8 Å². The molecule has 2 heteroatoms.